The molecule has 6 nitrogen and oxygen atoms in total. The third-order valence-corrected chi connectivity index (χ3v) is 2.70. The summed E-state index contributed by atoms with van der Waals surface area (Å²) < 4.78 is 9.90. The summed E-state index contributed by atoms with van der Waals surface area (Å²) in [4.78, 5) is 15.7. The molecule has 6 heteroatoms. The van der Waals surface area contributed by atoms with E-state index in [0.717, 1.165) is 12.8 Å². The highest BCUT2D eigenvalue weighted by Crippen LogP contribution is 2.19. The van der Waals surface area contributed by atoms with Gasteiger partial charge in [0.15, 0.2) is 0 Å². The maximum absolute atomic E-state index is 11.7. The Kier molecular flexibility index (Phi) is 6.08. The number of nitrogens with one attached hydrogen (secondary N) is 1. The number of methoxy groups -OCH3 is 2. The molecule has 0 spiro atoms. The molecule has 1 aromatic heterocycles. The molecule has 0 aromatic carbocycles. The topological polar surface area (TPSA) is 86.5 Å². The summed E-state index contributed by atoms with van der Waals surface area (Å²) in [5.41, 5.74) is 6.59. The maximum Gasteiger partial charge on any atom is 0.340 e. The molecule has 0 fully saturated rings. The number of ether oxygens (including phenoxy) is 2. The lowest BCUT2D eigenvalue weighted by molar-refractivity contribution is 0.0601. The zero-order valence-electron chi connectivity index (χ0n) is 11.6. The SMILES string of the molecule is CCCC(COC)Nc1cnc(N)cc1C(=O)OC. The molecular formula is C13H21N3O3. The van der Waals surface area contributed by atoms with Gasteiger partial charge in [0.2, 0.25) is 0 Å². The highest BCUT2D eigenvalue weighted by atomic mass is 16.5. The van der Waals surface area contributed by atoms with Crippen LogP contribution in [0.1, 0.15) is 30.1 Å². The molecule has 0 radical (unpaired) electrons. The van der Waals surface area contributed by atoms with Crippen molar-refractivity contribution in [1.82, 2.24) is 4.98 Å². The van der Waals surface area contributed by atoms with Crippen molar-refractivity contribution < 1.29 is 14.3 Å². The van der Waals surface area contributed by atoms with E-state index >= 15 is 0 Å². The van der Waals surface area contributed by atoms with E-state index in [4.69, 9.17) is 15.2 Å². The van der Waals surface area contributed by atoms with Crippen LogP contribution >= 0.6 is 0 Å². The largest absolute Gasteiger partial charge is 0.465 e. The minimum atomic E-state index is -0.440. The molecule has 19 heavy (non-hydrogen) atoms. The van der Waals surface area contributed by atoms with Crippen molar-refractivity contribution in [3.05, 3.63) is 17.8 Å². The predicted octanol–water partition coefficient (Wildman–Crippen LogP) is 1.68. The van der Waals surface area contributed by atoms with Crippen LogP contribution in [0.3, 0.4) is 0 Å². The van der Waals surface area contributed by atoms with Crippen LogP contribution in [-0.2, 0) is 9.47 Å². The molecule has 0 aliphatic heterocycles. The van der Waals surface area contributed by atoms with Gasteiger partial charge in [-0.05, 0) is 12.5 Å². The summed E-state index contributed by atoms with van der Waals surface area (Å²) in [7, 11) is 2.98. The second-order valence-electron chi connectivity index (χ2n) is 4.23. The molecule has 1 rings (SSSR count). The summed E-state index contributed by atoms with van der Waals surface area (Å²) in [6.45, 7) is 2.64. The molecule has 0 aliphatic rings. The van der Waals surface area contributed by atoms with Gasteiger partial charge in [0.1, 0.15) is 5.82 Å². The second-order valence-corrected chi connectivity index (χ2v) is 4.23. The van der Waals surface area contributed by atoms with Crippen molar-refractivity contribution in [1.29, 1.82) is 0 Å². The summed E-state index contributed by atoms with van der Waals surface area (Å²) in [5, 5.41) is 3.25. The van der Waals surface area contributed by atoms with E-state index in [-0.39, 0.29) is 11.9 Å². The molecule has 0 aliphatic carbocycles. The van der Waals surface area contributed by atoms with Crippen LogP contribution < -0.4 is 11.1 Å². The number of carbonyl (C=O) groups is 1. The molecule has 0 saturated heterocycles. The number of pyridine rings is 1. The third kappa shape index (κ3) is 4.40. The van der Waals surface area contributed by atoms with E-state index in [1.807, 2.05) is 0 Å². The van der Waals surface area contributed by atoms with Crippen molar-refractivity contribution in [2.45, 2.75) is 25.8 Å². The van der Waals surface area contributed by atoms with E-state index < -0.39 is 5.97 Å². The number of aromatic nitrogens is 1. The monoisotopic (exact) mass is 267 g/mol. The van der Waals surface area contributed by atoms with Crippen LogP contribution in [0.2, 0.25) is 0 Å². The van der Waals surface area contributed by atoms with Gasteiger partial charge in [-0.25, -0.2) is 9.78 Å². The van der Waals surface area contributed by atoms with Gasteiger partial charge < -0.3 is 20.5 Å². The highest BCUT2D eigenvalue weighted by Gasteiger charge is 2.16. The second kappa shape index (κ2) is 7.58. The van der Waals surface area contributed by atoms with Crippen molar-refractivity contribution in [2.75, 3.05) is 31.9 Å². The molecule has 1 atom stereocenters. The van der Waals surface area contributed by atoms with Crippen molar-refractivity contribution in [3.8, 4) is 0 Å². The fourth-order valence-corrected chi connectivity index (χ4v) is 1.83. The molecule has 1 unspecified atom stereocenters. The number of nitrogens with zero attached hydrogens (tertiary/aromatic N) is 1. The summed E-state index contributed by atoms with van der Waals surface area (Å²) in [6, 6.07) is 1.62. The zero-order valence-corrected chi connectivity index (χ0v) is 11.6. The molecule has 3 N–H and O–H groups in total. The number of nitrogens with two attached hydrogens (primary N) is 1. The fourth-order valence-electron chi connectivity index (χ4n) is 1.83. The number of rotatable bonds is 7. The van der Waals surface area contributed by atoms with Crippen LogP contribution in [0, 0.1) is 0 Å². The van der Waals surface area contributed by atoms with Crippen molar-refractivity contribution in [2.24, 2.45) is 0 Å². The molecule has 106 valence electrons. The number of carbonyl (C=O) groups excluding carboxylic acids is 1. The first-order chi connectivity index (χ1) is 9.12. The van der Waals surface area contributed by atoms with Gasteiger partial charge in [-0.2, -0.15) is 0 Å². The standard InChI is InChI=1S/C13H21N3O3/c1-4-5-9(8-18-2)16-11-7-15-12(14)6-10(11)13(17)19-3/h6-7,9,16H,4-5,8H2,1-3H3,(H2,14,15). The van der Waals surface area contributed by atoms with Crippen molar-refractivity contribution >= 4 is 17.5 Å². The van der Waals surface area contributed by atoms with Gasteiger partial charge in [-0.3, -0.25) is 0 Å². The Morgan fingerprint density at radius 2 is 2.26 bits per heavy atom. The highest BCUT2D eigenvalue weighted by molar-refractivity contribution is 5.96. The van der Waals surface area contributed by atoms with Gasteiger partial charge in [0.25, 0.3) is 0 Å². The Labute approximate surface area is 113 Å². The number of esters is 1. The van der Waals surface area contributed by atoms with E-state index in [1.54, 1.807) is 13.3 Å². The minimum Gasteiger partial charge on any atom is -0.465 e. The Hall–Kier alpha value is -1.82. The molecular weight excluding hydrogens is 246 g/mol. The van der Waals surface area contributed by atoms with E-state index in [0.29, 0.717) is 17.9 Å². The minimum absolute atomic E-state index is 0.115. The lowest BCUT2D eigenvalue weighted by Gasteiger charge is -2.20. The molecule has 1 aromatic rings. The van der Waals surface area contributed by atoms with Crippen LogP contribution in [0.15, 0.2) is 12.3 Å². The Bertz CT molecular complexity index is 418. The maximum atomic E-state index is 11.7. The third-order valence-electron chi connectivity index (χ3n) is 2.70. The summed E-state index contributed by atoms with van der Waals surface area (Å²) >= 11 is 0. The van der Waals surface area contributed by atoms with E-state index in [2.05, 4.69) is 17.2 Å². The van der Waals surface area contributed by atoms with Crippen LogP contribution in [0.5, 0.6) is 0 Å². The van der Waals surface area contributed by atoms with E-state index in [1.165, 1.54) is 13.2 Å². The number of hydrogen-bond acceptors (Lipinski definition) is 6. The number of anilines is 2. The van der Waals surface area contributed by atoms with Gasteiger partial charge in [0.05, 0.1) is 31.2 Å². The van der Waals surface area contributed by atoms with Crippen LogP contribution in [0.4, 0.5) is 11.5 Å². The van der Waals surface area contributed by atoms with Gasteiger partial charge in [-0.1, -0.05) is 13.3 Å². The summed E-state index contributed by atoms with van der Waals surface area (Å²) in [5.74, 6) is -0.158. The number of nitrogen functional groups attached to an aromatic ring is 1. The molecule has 0 amide bonds. The normalized spacial score (nSPS) is 11.9. The molecule has 0 saturated carbocycles. The smallest absolute Gasteiger partial charge is 0.340 e. The lowest BCUT2D eigenvalue weighted by Crippen LogP contribution is -2.26. The summed E-state index contributed by atoms with van der Waals surface area (Å²) in [6.07, 6.45) is 3.48. The first kappa shape index (κ1) is 15.2. The Morgan fingerprint density at radius 3 is 2.84 bits per heavy atom. The van der Waals surface area contributed by atoms with Gasteiger partial charge in [0, 0.05) is 13.2 Å². The fraction of sp³-hybridized carbons (Fsp3) is 0.538. The van der Waals surface area contributed by atoms with Crippen LogP contribution in [-0.4, -0.2) is 37.8 Å². The predicted molar refractivity (Wildman–Crippen MR) is 74.2 cm³/mol. The van der Waals surface area contributed by atoms with E-state index in [9.17, 15) is 4.79 Å². The van der Waals surface area contributed by atoms with Crippen molar-refractivity contribution in [3.63, 3.8) is 0 Å². The average Bonchev–Trinajstić information content (AvgIpc) is 2.40. The zero-order chi connectivity index (χ0) is 14.3. The molecule has 1 heterocycles. The first-order valence-corrected chi connectivity index (χ1v) is 6.21. The Morgan fingerprint density at radius 1 is 1.53 bits per heavy atom. The first-order valence-electron chi connectivity index (χ1n) is 6.21. The average molecular weight is 267 g/mol. The van der Waals surface area contributed by atoms with Gasteiger partial charge >= 0.3 is 5.97 Å². The van der Waals surface area contributed by atoms with Gasteiger partial charge in [-0.15, -0.1) is 0 Å². The quantitative estimate of drug-likeness (QED) is 0.731. The number of hydrogen-bond donors (Lipinski definition) is 2. The Balaban J connectivity index is 2.94. The molecule has 0 bridgehead atoms. The lowest BCUT2D eigenvalue weighted by atomic mass is 10.1. The van der Waals surface area contributed by atoms with Crippen LogP contribution in [0.25, 0.3) is 0 Å².